The average Bonchev–Trinajstić information content (AvgIpc) is 2.77. The molecule has 184 valence electrons. The van der Waals surface area contributed by atoms with Gasteiger partial charge in [-0.15, -0.1) is 0 Å². The Balaban J connectivity index is 0. The van der Waals surface area contributed by atoms with Crippen LogP contribution in [-0.2, 0) is 4.74 Å². The normalized spacial score (nSPS) is 13.1. The minimum absolute atomic E-state index is 0.179. The molecule has 0 heterocycles. The van der Waals surface area contributed by atoms with Crippen molar-refractivity contribution < 1.29 is 9.47 Å². The van der Waals surface area contributed by atoms with Crippen molar-refractivity contribution in [3.8, 4) is 5.75 Å². The molecular weight excluding hydrogens is 380 g/mol. The van der Waals surface area contributed by atoms with Crippen LogP contribution in [0.5, 0.6) is 5.75 Å². The van der Waals surface area contributed by atoms with E-state index in [9.17, 15) is 0 Å². The Kier molecular flexibility index (Phi) is 19.2. The predicted octanol–water partition coefficient (Wildman–Crippen LogP) is 9.87. The summed E-state index contributed by atoms with van der Waals surface area (Å²) >= 11 is 0. The van der Waals surface area contributed by atoms with E-state index in [2.05, 4.69) is 79.7 Å². The van der Waals surface area contributed by atoms with Gasteiger partial charge in [0, 0.05) is 5.92 Å². The van der Waals surface area contributed by atoms with Crippen molar-refractivity contribution in [3.63, 3.8) is 0 Å². The summed E-state index contributed by atoms with van der Waals surface area (Å²) in [6.07, 6.45) is 5.76. The lowest BCUT2D eigenvalue weighted by atomic mass is 9.80. The van der Waals surface area contributed by atoms with Crippen LogP contribution < -0.4 is 4.74 Å². The van der Waals surface area contributed by atoms with Gasteiger partial charge in [0.05, 0.1) is 6.61 Å². The lowest BCUT2D eigenvalue weighted by Crippen LogP contribution is -2.27. The first-order valence-electron chi connectivity index (χ1n) is 13.1. The molecule has 0 aromatic heterocycles. The molecule has 2 unspecified atom stereocenters. The highest BCUT2D eigenvalue weighted by molar-refractivity contribution is 5.29. The van der Waals surface area contributed by atoms with Crippen LogP contribution in [0.1, 0.15) is 127 Å². The largest absolute Gasteiger partial charge is 0.465 e. The van der Waals surface area contributed by atoms with E-state index in [1.165, 1.54) is 31.2 Å². The molecule has 0 aliphatic heterocycles. The molecule has 0 aliphatic rings. The van der Waals surface area contributed by atoms with Crippen LogP contribution >= 0.6 is 0 Å². The second-order valence-corrected chi connectivity index (χ2v) is 9.51. The monoisotopic (exact) mass is 436 g/mol. The summed E-state index contributed by atoms with van der Waals surface area (Å²) in [5.74, 6) is 2.60. The van der Waals surface area contributed by atoms with Gasteiger partial charge in [0.25, 0.3) is 0 Å². The van der Waals surface area contributed by atoms with Crippen LogP contribution in [0.25, 0.3) is 0 Å². The standard InChI is InChI=1S/C25H44O2.2C2H6/c1-9-20(10-2)16-17-26-24(19(4)5)27-23-14-12-22(13-15-23)21(11-3)18-25(6,7)8;2*1-2/h12-15,19-21,24H,9-11,16-18H2,1-8H3;2*1-2H3. The SMILES string of the molecule is CC.CC.CCC(CC)CCOC(Oc1ccc(C(CC)CC(C)(C)C)cc1)C(C)C. The van der Waals surface area contributed by atoms with Crippen molar-refractivity contribution in [1.82, 2.24) is 0 Å². The zero-order valence-electron chi connectivity index (χ0n) is 23.2. The first-order valence-corrected chi connectivity index (χ1v) is 13.1. The molecular formula is C29H56O2. The maximum atomic E-state index is 6.17. The number of benzene rings is 1. The summed E-state index contributed by atoms with van der Waals surface area (Å²) in [6, 6.07) is 8.69. The first-order chi connectivity index (χ1) is 14.7. The third-order valence-corrected chi connectivity index (χ3v) is 5.46. The highest BCUT2D eigenvalue weighted by Gasteiger charge is 2.20. The summed E-state index contributed by atoms with van der Waals surface area (Å²) in [7, 11) is 0. The second-order valence-electron chi connectivity index (χ2n) is 9.51. The van der Waals surface area contributed by atoms with Gasteiger partial charge in [0.2, 0.25) is 6.29 Å². The van der Waals surface area contributed by atoms with Gasteiger partial charge in [0.15, 0.2) is 0 Å². The van der Waals surface area contributed by atoms with E-state index in [0.717, 1.165) is 24.7 Å². The van der Waals surface area contributed by atoms with Gasteiger partial charge in [0.1, 0.15) is 5.75 Å². The third-order valence-electron chi connectivity index (χ3n) is 5.46. The van der Waals surface area contributed by atoms with E-state index >= 15 is 0 Å². The van der Waals surface area contributed by atoms with Crippen molar-refractivity contribution in [2.75, 3.05) is 6.61 Å². The molecule has 0 amide bonds. The average molecular weight is 437 g/mol. The summed E-state index contributed by atoms with van der Waals surface area (Å²) in [4.78, 5) is 0. The smallest absolute Gasteiger partial charge is 0.202 e. The highest BCUT2D eigenvalue weighted by atomic mass is 16.7. The molecule has 0 spiro atoms. The number of hydrogen-bond donors (Lipinski definition) is 0. The van der Waals surface area contributed by atoms with E-state index in [4.69, 9.17) is 9.47 Å². The molecule has 1 aromatic rings. The minimum atomic E-state index is -0.179. The van der Waals surface area contributed by atoms with Crippen molar-refractivity contribution in [3.05, 3.63) is 29.8 Å². The molecule has 0 aliphatic carbocycles. The van der Waals surface area contributed by atoms with Crippen molar-refractivity contribution >= 4 is 0 Å². The van der Waals surface area contributed by atoms with Crippen molar-refractivity contribution in [1.29, 1.82) is 0 Å². The molecule has 0 saturated heterocycles. The van der Waals surface area contributed by atoms with E-state index in [1.807, 2.05) is 27.7 Å². The van der Waals surface area contributed by atoms with Crippen LogP contribution in [0.15, 0.2) is 24.3 Å². The van der Waals surface area contributed by atoms with E-state index < -0.39 is 0 Å². The second kappa shape index (κ2) is 18.5. The Bertz CT molecular complexity index is 494. The summed E-state index contributed by atoms with van der Waals surface area (Å²) in [5, 5.41) is 0. The maximum absolute atomic E-state index is 6.17. The summed E-state index contributed by atoms with van der Waals surface area (Å²) < 4.78 is 12.3. The van der Waals surface area contributed by atoms with Crippen LogP contribution in [-0.4, -0.2) is 12.9 Å². The quantitative estimate of drug-likeness (QED) is 0.303. The van der Waals surface area contributed by atoms with Crippen LogP contribution in [0.4, 0.5) is 0 Å². The zero-order valence-corrected chi connectivity index (χ0v) is 23.2. The predicted molar refractivity (Wildman–Crippen MR) is 140 cm³/mol. The molecule has 2 atom stereocenters. The Hall–Kier alpha value is -1.02. The van der Waals surface area contributed by atoms with E-state index in [0.29, 0.717) is 17.3 Å². The van der Waals surface area contributed by atoms with Crippen molar-refractivity contribution in [2.45, 2.75) is 127 Å². The topological polar surface area (TPSA) is 18.5 Å². The van der Waals surface area contributed by atoms with Gasteiger partial charge in [-0.05, 0) is 54.2 Å². The number of rotatable bonds is 12. The minimum Gasteiger partial charge on any atom is -0.465 e. The maximum Gasteiger partial charge on any atom is 0.202 e. The van der Waals surface area contributed by atoms with Gasteiger partial charge < -0.3 is 9.47 Å². The molecule has 2 nitrogen and oxygen atoms in total. The van der Waals surface area contributed by atoms with Crippen molar-refractivity contribution in [2.24, 2.45) is 17.3 Å². The van der Waals surface area contributed by atoms with Crippen LogP contribution in [0.2, 0.25) is 0 Å². The molecule has 0 radical (unpaired) electrons. The Morgan fingerprint density at radius 1 is 0.806 bits per heavy atom. The highest BCUT2D eigenvalue weighted by Crippen LogP contribution is 2.34. The van der Waals surface area contributed by atoms with Gasteiger partial charge >= 0.3 is 0 Å². The fourth-order valence-corrected chi connectivity index (χ4v) is 3.60. The molecule has 2 heteroatoms. The van der Waals surface area contributed by atoms with Crippen LogP contribution in [0.3, 0.4) is 0 Å². The van der Waals surface area contributed by atoms with E-state index in [1.54, 1.807) is 0 Å². The van der Waals surface area contributed by atoms with Crippen LogP contribution in [0, 0.1) is 17.3 Å². The first kappa shape index (κ1) is 32.2. The Labute approximate surface area is 196 Å². The molecule has 31 heavy (non-hydrogen) atoms. The van der Waals surface area contributed by atoms with Gasteiger partial charge in [-0.3, -0.25) is 0 Å². The molecule has 0 N–H and O–H groups in total. The molecule has 1 rings (SSSR count). The molecule has 1 aromatic carbocycles. The lowest BCUT2D eigenvalue weighted by Gasteiger charge is -2.26. The Morgan fingerprint density at radius 2 is 1.32 bits per heavy atom. The third kappa shape index (κ3) is 14.6. The zero-order chi connectivity index (χ0) is 24.4. The molecule has 0 saturated carbocycles. The summed E-state index contributed by atoms with van der Waals surface area (Å²) in [6.45, 7) is 26.8. The number of hydrogen-bond acceptors (Lipinski definition) is 2. The van der Waals surface area contributed by atoms with Gasteiger partial charge in [-0.2, -0.15) is 0 Å². The fraction of sp³-hybridized carbons (Fsp3) is 0.793. The molecule has 0 fully saturated rings. The lowest BCUT2D eigenvalue weighted by molar-refractivity contribution is -0.110. The number of ether oxygens (including phenoxy) is 2. The fourth-order valence-electron chi connectivity index (χ4n) is 3.60. The summed E-state index contributed by atoms with van der Waals surface area (Å²) in [5.41, 5.74) is 1.76. The van der Waals surface area contributed by atoms with E-state index in [-0.39, 0.29) is 6.29 Å². The molecule has 0 bridgehead atoms. The Morgan fingerprint density at radius 3 is 1.71 bits per heavy atom. The van der Waals surface area contributed by atoms with Gasteiger partial charge in [-0.25, -0.2) is 0 Å². The van der Waals surface area contributed by atoms with Gasteiger partial charge in [-0.1, -0.05) is 108 Å².